The zero-order valence-corrected chi connectivity index (χ0v) is 12.0. The number of carbonyl (C=O) groups excluding carboxylic acids is 2. The van der Waals surface area contributed by atoms with E-state index in [1.165, 1.54) is 6.08 Å². The minimum absolute atomic E-state index is 0.0395. The van der Waals surface area contributed by atoms with Crippen molar-refractivity contribution in [3.8, 4) is 0 Å². The lowest BCUT2D eigenvalue weighted by Crippen LogP contribution is -2.19. The molecule has 5 nitrogen and oxygen atoms in total. The first-order valence-corrected chi connectivity index (χ1v) is 6.77. The van der Waals surface area contributed by atoms with Gasteiger partial charge in [0, 0.05) is 6.08 Å². The molecule has 1 amide bonds. The zero-order chi connectivity index (χ0) is 16.3. The molecule has 0 fully saturated rings. The maximum absolute atomic E-state index is 13.5. The lowest BCUT2D eigenvalue weighted by atomic mass is 10.3. The fraction of sp³-hybridized carbons (Fsp3) is 0.154. The quantitative estimate of drug-likeness (QED) is 0.532. The highest BCUT2D eigenvalue weighted by Gasteiger charge is 2.18. The van der Waals surface area contributed by atoms with E-state index in [1.54, 1.807) is 6.92 Å². The predicted octanol–water partition coefficient (Wildman–Crippen LogP) is 2.77. The van der Waals surface area contributed by atoms with Gasteiger partial charge in [-0.05, 0) is 13.0 Å². The van der Waals surface area contributed by atoms with Crippen LogP contribution in [0, 0.1) is 17.5 Å². The summed E-state index contributed by atoms with van der Waals surface area (Å²) in [5.41, 5.74) is -0.384. The minimum Gasteiger partial charge on any atom is -0.452 e. The van der Waals surface area contributed by atoms with Crippen molar-refractivity contribution in [2.24, 2.45) is 0 Å². The van der Waals surface area contributed by atoms with Gasteiger partial charge in [-0.2, -0.15) is 0 Å². The smallest absolute Gasteiger partial charge is 0.330 e. The highest BCUT2D eigenvalue weighted by molar-refractivity contribution is 7.22. The van der Waals surface area contributed by atoms with E-state index in [4.69, 9.17) is 0 Å². The fourth-order valence-corrected chi connectivity index (χ4v) is 2.41. The predicted molar refractivity (Wildman–Crippen MR) is 73.9 cm³/mol. The number of aromatic nitrogens is 1. The molecule has 22 heavy (non-hydrogen) atoms. The Morgan fingerprint density at radius 3 is 2.77 bits per heavy atom. The van der Waals surface area contributed by atoms with Crippen LogP contribution >= 0.6 is 11.3 Å². The lowest BCUT2D eigenvalue weighted by molar-refractivity contribution is -0.142. The first-order valence-electron chi connectivity index (χ1n) is 5.95. The fourth-order valence-electron chi connectivity index (χ4n) is 1.50. The number of rotatable bonds is 4. The highest BCUT2D eigenvalue weighted by atomic mass is 32.1. The van der Waals surface area contributed by atoms with Crippen molar-refractivity contribution in [1.29, 1.82) is 0 Å². The second kappa shape index (κ2) is 6.56. The van der Waals surface area contributed by atoms with E-state index in [2.05, 4.69) is 15.0 Å². The number of carbonyl (C=O) groups is 2. The number of nitrogens with zero attached hydrogens (tertiary/aromatic N) is 1. The molecule has 0 saturated heterocycles. The van der Waals surface area contributed by atoms with Crippen LogP contribution in [-0.4, -0.2) is 23.5 Å². The third-order valence-corrected chi connectivity index (χ3v) is 3.33. The van der Waals surface area contributed by atoms with Crippen molar-refractivity contribution >= 4 is 38.6 Å². The first-order chi connectivity index (χ1) is 10.4. The van der Waals surface area contributed by atoms with Gasteiger partial charge in [0.25, 0.3) is 5.91 Å². The molecule has 9 heteroatoms. The van der Waals surface area contributed by atoms with E-state index < -0.39 is 35.9 Å². The molecule has 0 atom stereocenters. The van der Waals surface area contributed by atoms with E-state index in [0.717, 1.165) is 23.5 Å². The van der Waals surface area contributed by atoms with Crippen molar-refractivity contribution in [3.05, 3.63) is 35.7 Å². The number of fused-ring (bicyclic) bond motifs is 1. The zero-order valence-electron chi connectivity index (χ0n) is 11.2. The van der Waals surface area contributed by atoms with E-state index in [1.807, 2.05) is 0 Å². The maximum atomic E-state index is 13.5. The van der Waals surface area contributed by atoms with Gasteiger partial charge in [0.15, 0.2) is 29.2 Å². The average molecular weight is 330 g/mol. The SMILES string of the molecule is C/C=C/C(=O)OCC(=O)Nc1nc2c(F)c(F)c(F)cc2s1. The van der Waals surface area contributed by atoms with Gasteiger partial charge in [-0.1, -0.05) is 17.4 Å². The van der Waals surface area contributed by atoms with Crippen LogP contribution in [0.5, 0.6) is 0 Å². The second-order valence-electron chi connectivity index (χ2n) is 4.01. The van der Waals surface area contributed by atoms with Crippen molar-refractivity contribution in [1.82, 2.24) is 4.98 Å². The van der Waals surface area contributed by atoms with Crippen LogP contribution in [-0.2, 0) is 14.3 Å². The molecule has 0 bridgehead atoms. The molecule has 2 rings (SSSR count). The highest BCUT2D eigenvalue weighted by Crippen LogP contribution is 2.30. The van der Waals surface area contributed by atoms with Crippen molar-refractivity contribution in [3.63, 3.8) is 0 Å². The van der Waals surface area contributed by atoms with Crippen LogP contribution in [0.1, 0.15) is 6.92 Å². The molecule has 0 radical (unpaired) electrons. The van der Waals surface area contributed by atoms with Crippen LogP contribution < -0.4 is 5.32 Å². The molecule has 0 aliphatic carbocycles. The summed E-state index contributed by atoms with van der Waals surface area (Å²) < 4.78 is 44.3. The molecule has 0 aliphatic heterocycles. The number of halogens is 3. The van der Waals surface area contributed by atoms with E-state index in [0.29, 0.717) is 0 Å². The molecule has 0 saturated carbocycles. The maximum Gasteiger partial charge on any atom is 0.330 e. The number of hydrogen-bond acceptors (Lipinski definition) is 5. The third-order valence-electron chi connectivity index (χ3n) is 2.42. The van der Waals surface area contributed by atoms with Gasteiger partial charge >= 0.3 is 5.97 Å². The number of ether oxygens (including phenoxy) is 1. The molecule has 0 unspecified atom stereocenters. The van der Waals surface area contributed by atoms with Gasteiger partial charge in [0.05, 0.1) is 4.70 Å². The summed E-state index contributed by atoms with van der Waals surface area (Å²) in [6.45, 7) is 1.04. The van der Waals surface area contributed by atoms with E-state index in [9.17, 15) is 22.8 Å². The molecular formula is C13H9F3N2O3S. The number of amides is 1. The summed E-state index contributed by atoms with van der Waals surface area (Å²) in [5.74, 6) is -5.80. The monoisotopic (exact) mass is 330 g/mol. The molecule has 1 N–H and O–H groups in total. The van der Waals surface area contributed by atoms with Crippen LogP contribution in [0.2, 0.25) is 0 Å². The second-order valence-corrected chi connectivity index (χ2v) is 5.04. The lowest BCUT2D eigenvalue weighted by Gasteiger charge is -2.01. The van der Waals surface area contributed by atoms with Crippen molar-refractivity contribution < 1.29 is 27.5 Å². The Bertz CT molecular complexity index is 773. The Kier molecular flexibility index (Phi) is 4.76. The molecule has 0 spiro atoms. The number of esters is 1. The van der Waals surface area contributed by atoms with Crippen molar-refractivity contribution in [2.45, 2.75) is 6.92 Å². The Morgan fingerprint density at radius 1 is 1.36 bits per heavy atom. The van der Waals surface area contributed by atoms with Crippen LogP contribution in [0.25, 0.3) is 10.2 Å². The van der Waals surface area contributed by atoms with Crippen LogP contribution in [0.15, 0.2) is 18.2 Å². The van der Waals surface area contributed by atoms with Crippen LogP contribution in [0.3, 0.4) is 0 Å². The van der Waals surface area contributed by atoms with Gasteiger partial charge in [-0.3, -0.25) is 10.1 Å². The van der Waals surface area contributed by atoms with E-state index in [-0.39, 0.29) is 15.3 Å². The Hall–Kier alpha value is -2.42. The number of benzene rings is 1. The van der Waals surface area contributed by atoms with E-state index >= 15 is 0 Å². The first kappa shape index (κ1) is 16.0. The van der Waals surface area contributed by atoms with Gasteiger partial charge in [-0.15, -0.1) is 0 Å². The summed E-state index contributed by atoms with van der Waals surface area (Å²) in [6, 6.07) is 0.785. The summed E-state index contributed by atoms with van der Waals surface area (Å²) >= 11 is 0.763. The Labute approximate surface area is 126 Å². The molecule has 1 aromatic heterocycles. The van der Waals surface area contributed by atoms with Gasteiger partial charge in [0.2, 0.25) is 0 Å². The van der Waals surface area contributed by atoms with Gasteiger partial charge < -0.3 is 4.74 Å². The Morgan fingerprint density at radius 2 is 2.09 bits per heavy atom. The van der Waals surface area contributed by atoms with Crippen molar-refractivity contribution in [2.75, 3.05) is 11.9 Å². The molecule has 2 aromatic rings. The molecule has 1 heterocycles. The third kappa shape index (κ3) is 3.42. The largest absolute Gasteiger partial charge is 0.452 e. The number of nitrogens with one attached hydrogen (secondary N) is 1. The molecule has 1 aromatic carbocycles. The summed E-state index contributed by atoms with van der Waals surface area (Å²) in [6.07, 6.45) is 2.57. The summed E-state index contributed by atoms with van der Waals surface area (Å²) in [5, 5.41) is 2.19. The normalized spacial score (nSPS) is 11.1. The summed E-state index contributed by atoms with van der Waals surface area (Å²) in [4.78, 5) is 26.2. The average Bonchev–Trinajstić information content (AvgIpc) is 2.85. The minimum atomic E-state index is -1.63. The molecule has 0 aliphatic rings. The number of thiazole rings is 1. The summed E-state index contributed by atoms with van der Waals surface area (Å²) in [7, 11) is 0. The van der Waals surface area contributed by atoms with Gasteiger partial charge in [0.1, 0.15) is 5.52 Å². The molecule has 116 valence electrons. The number of allylic oxidation sites excluding steroid dienone is 1. The number of hydrogen-bond donors (Lipinski definition) is 1. The van der Waals surface area contributed by atoms with Gasteiger partial charge in [-0.25, -0.2) is 22.9 Å². The van der Waals surface area contributed by atoms with Crippen LogP contribution in [0.4, 0.5) is 18.3 Å². The Balaban J connectivity index is 2.10. The topological polar surface area (TPSA) is 68.3 Å². The number of anilines is 1. The molecular weight excluding hydrogens is 321 g/mol. The standard InChI is InChI=1S/C13H9F3N2O3S/c1-2-3-9(20)21-5-8(19)17-13-18-12-7(22-13)4-6(14)10(15)11(12)16/h2-4H,5H2,1H3,(H,17,18,19)/b3-2+.